The predicted octanol–water partition coefficient (Wildman–Crippen LogP) is 6.24. The molecule has 3 nitrogen and oxygen atoms in total. The summed E-state index contributed by atoms with van der Waals surface area (Å²) in [6, 6.07) is 23.7. The van der Waals surface area contributed by atoms with Gasteiger partial charge in [0.25, 0.3) is 0 Å². The molecular formula is C20H13O3PS. The highest BCUT2D eigenvalue weighted by molar-refractivity contribution is 8.55. The van der Waals surface area contributed by atoms with Gasteiger partial charge in [0.15, 0.2) is 0 Å². The Labute approximate surface area is 148 Å². The molecule has 1 unspecified atom stereocenters. The third-order valence-corrected chi connectivity index (χ3v) is 7.16. The van der Waals surface area contributed by atoms with E-state index in [0.717, 1.165) is 48.9 Å². The van der Waals surface area contributed by atoms with E-state index < -0.39 is 6.80 Å². The second-order valence-electron chi connectivity index (χ2n) is 5.97. The lowest BCUT2D eigenvalue weighted by atomic mass is 9.93. The molecule has 0 fully saturated rings. The summed E-state index contributed by atoms with van der Waals surface area (Å²) in [4.78, 5) is 11.1. The zero-order valence-corrected chi connectivity index (χ0v) is 14.8. The van der Waals surface area contributed by atoms with E-state index in [1.54, 1.807) is 6.07 Å². The lowest BCUT2D eigenvalue weighted by Gasteiger charge is -2.14. The molecule has 1 heterocycles. The van der Waals surface area contributed by atoms with Crippen molar-refractivity contribution >= 4 is 39.7 Å². The van der Waals surface area contributed by atoms with Crippen LogP contribution in [0.15, 0.2) is 77.7 Å². The van der Waals surface area contributed by atoms with Gasteiger partial charge in [-0.3, -0.25) is 0 Å². The Kier molecular flexibility index (Phi) is 3.23. The summed E-state index contributed by atoms with van der Waals surface area (Å²) in [5.41, 5.74) is 1.84. The molecular weight excluding hydrogens is 351 g/mol. The zero-order valence-electron chi connectivity index (χ0n) is 13.0. The van der Waals surface area contributed by atoms with Gasteiger partial charge >= 0.3 is 6.80 Å². The molecule has 0 aliphatic carbocycles. The average molecular weight is 364 g/mol. The van der Waals surface area contributed by atoms with Crippen LogP contribution in [0, 0.1) is 0 Å². The number of benzene rings is 4. The predicted molar refractivity (Wildman–Crippen MR) is 103 cm³/mol. The van der Waals surface area contributed by atoms with E-state index >= 15 is 0 Å². The first-order valence-electron chi connectivity index (χ1n) is 7.88. The average Bonchev–Trinajstić information content (AvgIpc) is 2.73. The fraction of sp³-hybridized carbons (Fsp3) is 0. The van der Waals surface area contributed by atoms with Crippen molar-refractivity contribution < 1.29 is 14.0 Å². The fourth-order valence-corrected chi connectivity index (χ4v) is 6.11. The quantitative estimate of drug-likeness (QED) is 0.375. The van der Waals surface area contributed by atoms with Gasteiger partial charge in [-0.25, -0.2) is 4.57 Å². The molecule has 5 rings (SSSR count). The van der Waals surface area contributed by atoms with Gasteiger partial charge in [0.1, 0.15) is 5.75 Å². The van der Waals surface area contributed by atoms with Gasteiger partial charge in [0, 0.05) is 27.4 Å². The first kappa shape index (κ1) is 15.0. The maximum absolute atomic E-state index is 12.5. The molecule has 0 bridgehead atoms. The van der Waals surface area contributed by atoms with Gasteiger partial charge in [0.2, 0.25) is 0 Å². The van der Waals surface area contributed by atoms with Crippen molar-refractivity contribution in [3.05, 3.63) is 72.8 Å². The molecule has 0 aromatic heterocycles. The molecule has 25 heavy (non-hydrogen) atoms. The summed E-state index contributed by atoms with van der Waals surface area (Å²) in [5, 5.41) is 4.23. The lowest BCUT2D eigenvalue weighted by Crippen LogP contribution is -1.90. The van der Waals surface area contributed by atoms with E-state index in [2.05, 4.69) is 6.07 Å². The summed E-state index contributed by atoms with van der Waals surface area (Å²) in [7, 11) is 0. The van der Waals surface area contributed by atoms with Crippen molar-refractivity contribution in [2.75, 3.05) is 0 Å². The molecule has 122 valence electrons. The molecule has 5 heteroatoms. The van der Waals surface area contributed by atoms with Gasteiger partial charge in [-0.2, -0.15) is 0 Å². The zero-order chi connectivity index (χ0) is 17.0. The molecule has 1 atom stereocenters. The van der Waals surface area contributed by atoms with Crippen LogP contribution in [0.2, 0.25) is 0 Å². The Morgan fingerprint density at radius 3 is 2.08 bits per heavy atom. The standard InChI is InChI=1S/C20H13O3PS/c21-24(22)23-17-11-9-13-5-1-3-7-15(13)19(17)20-16-8-4-2-6-14(16)10-12-18(20)25-24/h1-12H,(H,21,22). The number of hydrogen-bond donors (Lipinski definition) is 1. The van der Waals surface area contributed by atoms with Gasteiger partial charge in [-0.05, 0) is 33.7 Å². The Balaban J connectivity index is 2.02. The molecule has 0 radical (unpaired) electrons. The summed E-state index contributed by atoms with van der Waals surface area (Å²) >= 11 is 0.904. The van der Waals surface area contributed by atoms with E-state index in [9.17, 15) is 9.46 Å². The molecule has 1 N–H and O–H groups in total. The molecule has 0 saturated heterocycles. The Morgan fingerprint density at radius 1 is 0.760 bits per heavy atom. The number of rotatable bonds is 0. The largest absolute Gasteiger partial charge is 0.442 e. The molecule has 1 aliphatic rings. The normalized spacial score (nSPS) is 19.1. The van der Waals surface area contributed by atoms with Gasteiger partial charge in [-0.15, -0.1) is 0 Å². The molecule has 4 aromatic carbocycles. The van der Waals surface area contributed by atoms with Crippen LogP contribution in [0.25, 0.3) is 32.7 Å². The van der Waals surface area contributed by atoms with E-state index in [-0.39, 0.29) is 0 Å². The first-order valence-corrected chi connectivity index (χ1v) is 10.9. The maximum Gasteiger partial charge on any atom is 0.442 e. The number of hydrogen-bond acceptors (Lipinski definition) is 3. The Hall–Kier alpha value is -2.26. The monoisotopic (exact) mass is 364 g/mol. The fourth-order valence-electron chi connectivity index (χ4n) is 3.44. The van der Waals surface area contributed by atoms with Crippen molar-refractivity contribution in [1.29, 1.82) is 0 Å². The van der Waals surface area contributed by atoms with Crippen molar-refractivity contribution in [2.45, 2.75) is 4.90 Å². The van der Waals surface area contributed by atoms with Crippen LogP contribution >= 0.6 is 18.2 Å². The first-order chi connectivity index (χ1) is 12.1. The van der Waals surface area contributed by atoms with Crippen LogP contribution in [-0.2, 0) is 4.57 Å². The second-order valence-corrected chi connectivity index (χ2v) is 9.64. The van der Waals surface area contributed by atoms with Crippen molar-refractivity contribution in [3.63, 3.8) is 0 Å². The third-order valence-electron chi connectivity index (χ3n) is 4.46. The third kappa shape index (κ3) is 2.37. The molecule has 4 aromatic rings. The highest BCUT2D eigenvalue weighted by Gasteiger charge is 2.32. The van der Waals surface area contributed by atoms with E-state index in [4.69, 9.17) is 4.52 Å². The van der Waals surface area contributed by atoms with Gasteiger partial charge in [0.05, 0.1) is 0 Å². The topological polar surface area (TPSA) is 46.5 Å². The Bertz CT molecular complexity index is 1110. The van der Waals surface area contributed by atoms with Crippen molar-refractivity contribution in [2.24, 2.45) is 0 Å². The molecule has 1 aliphatic heterocycles. The van der Waals surface area contributed by atoms with Gasteiger partial charge in [-0.1, -0.05) is 60.7 Å². The highest BCUT2D eigenvalue weighted by atomic mass is 32.7. The summed E-state index contributed by atoms with van der Waals surface area (Å²) < 4.78 is 18.1. The lowest BCUT2D eigenvalue weighted by molar-refractivity contribution is 0.404. The van der Waals surface area contributed by atoms with Gasteiger partial charge < -0.3 is 9.42 Å². The van der Waals surface area contributed by atoms with Crippen LogP contribution in [-0.4, -0.2) is 4.89 Å². The summed E-state index contributed by atoms with van der Waals surface area (Å²) in [6.07, 6.45) is 0. The second kappa shape index (κ2) is 5.37. The Morgan fingerprint density at radius 2 is 1.36 bits per heavy atom. The smallest absolute Gasteiger partial charge is 0.416 e. The van der Waals surface area contributed by atoms with Crippen LogP contribution in [0.3, 0.4) is 0 Å². The minimum Gasteiger partial charge on any atom is -0.416 e. The van der Waals surface area contributed by atoms with Crippen LogP contribution in [0.4, 0.5) is 0 Å². The summed E-state index contributed by atoms with van der Waals surface area (Å²) in [5.74, 6) is 0.451. The molecule has 0 spiro atoms. The van der Waals surface area contributed by atoms with Crippen LogP contribution < -0.4 is 4.52 Å². The van der Waals surface area contributed by atoms with E-state index in [1.165, 1.54) is 0 Å². The van der Waals surface area contributed by atoms with E-state index in [1.807, 2.05) is 60.7 Å². The SMILES string of the molecule is O=P1(O)Oc2ccc3ccccc3c2-c2c(ccc3ccccc23)S1. The minimum absolute atomic E-state index is 0.451. The van der Waals surface area contributed by atoms with E-state index in [0.29, 0.717) is 5.75 Å². The van der Waals surface area contributed by atoms with Crippen LogP contribution in [0.1, 0.15) is 0 Å². The van der Waals surface area contributed by atoms with Crippen molar-refractivity contribution in [3.8, 4) is 16.9 Å². The van der Waals surface area contributed by atoms with Crippen LogP contribution in [0.5, 0.6) is 5.75 Å². The molecule has 0 saturated carbocycles. The maximum atomic E-state index is 12.5. The number of fused-ring (bicyclic) bond motifs is 7. The molecule has 0 amide bonds. The van der Waals surface area contributed by atoms with Crippen molar-refractivity contribution in [1.82, 2.24) is 0 Å². The highest BCUT2D eigenvalue weighted by Crippen LogP contribution is 2.65. The summed E-state index contributed by atoms with van der Waals surface area (Å²) in [6.45, 7) is -3.83. The minimum atomic E-state index is -3.83.